The van der Waals surface area contributed by atoms with E-state index in [1.165, 1.54) is 26.9 Å². The summed E-state index contributed by atoms with van der Waals surface area (Å²) in [6.45, 7) is 6.27. The molecule has 0 spiro atoms. The molecule has 1 amide bonds. The molecule has 26 heavy (non-hydrogen) atoms. The fraction of sp³-hybridized carbons (Fsp3) is 0.381. The lowest BCUT2D eigenvalue weighted by Gasteiger charge is -2.17. The van der Waals surface area contributed by atoms with E-state index in [-0.39, 0.29) is 11.9 Å². The van der Waals surface area contributed by atoms with Crippen LogP contribution in [0.1, 0.15) is 54.2 Å². The largest absolute Gasteiger partial charge is 0.493 e. The second kappa shape index (κ2) is 8.61. The maximum atomic E-state index is 12.7. The van der Waals surface area contributed by atoms with Gasteiger partial charge in [-0.15, -0.1) is 0 Å². The third-order valence-electron chi connectivity index (χ3n) is 4.38. The molecule has 0 aromatic heterocycles. The van der Waals surface area contributed by atoms with E-state index < -0.39 is 0 Å². The fourth-order valence-corrected chi connectivity index (χ4v) is 2.75. The Morgan fingerprint density at radius 2 is 1.35 bits per heavy atom. The molecule has 140 valence electrons. The van der Waals surface area contributed by atoms with E-state index in [1.54, 1.807) is 12.1 Å². The number of carbonyl (C=O) groups excluding carboxylic acids is 1. The molecule has 2 aromatic rings. The molecule has 1 N–H and O–H groups in total. The summed E-state index contributed by atoms with van der Waals surface area (Å²) >= 11 is 0. The summed E-state index contributed by atoms with van der Waals surface area (Å²) in [5.74, 6) is 1.64. The molecule has 1 unspecified atom stereocenters. The van der Waals surface area contributed by atoms with Gasteiger partial charge in [-0.25, -0.2) is 0 Å². The minimum Gasteiger partial charge on any atom is -0.493 e. The molecule has 5 nitrogen and oxygen atoms in total. The van der Waals surface area contributed by atoms with Gasteiger partial charge in [0.2, 0.25) is 5.75 Å². The highest BCUT2D eigenvalue weighted by molar-refractivity contribution is 5.95. The average molecular weight is 357 g/mol. The monoisotopic (exact) mass is 357 g/mol. The van der Waals surface area contributed by atoms with Gasteiger partial charge in [-0.05, 0) is 36.1 Å². The summed E-state index contributed by atoms with van der Waals surface area (Å²) in [5.41, 5.74) is 2.78. The summed E-state index contributed by atoms with van der Waals surface area (Å²) in [5, 5.41) is 3.01. The zero-order valence-electron chi connectivity index (χ0n) is 16.3. The van der Waals surface area contributed by atoms with Crippen molar-refractivity contribution < 1.29 is 19.0 Å². The molecule has 0 fully saturated rings. The molecule has 0 bridgehead atoms. The number of rotatable bonds is 7. The van der Waals surface area contributed by atoms with Gasteiger partial charge in [-0.1, -0.05) is 38.1 Å². The number of carbonyl (C=O) groups is 1. The van der Waals surface area contributed by atoms with Crippen molar-refractivity contribution >= 4 is 5.91 Å². The number of hydrogen-bond acceptors (Lipinski definition) is 4. The van der Waals surface area contributed by atoms with Crippen LogP contribution in [-0.2, 0) is 0 Å². The van der Waals surface area contributed by atoms with E-state index in [2.05, 4.69) is 43.4 Å². The topological polar surface area (TPSA) is 56.8 Å². The molecule has 0 saturated carbocycles. The second-order valence-corrected chi connectivity index (χ2v) is 6.43. The van der Waals surface area contributed by atoms with Gasteiger partial charge >= 0.3 is 0 Å². The molecule has 0 aliphatic rings. The highest BCUT2D eigenvalue weighted by atomic mass is 16.5. The van der Waals surface area contributed by atoms with Gasteiger partial charge < -0.3 is 19.5 Å². The van der Waals surface area contributed by atoms with Crippen LogP contribution in [0, 0.1) is 0 Å². The van der Waals surface area contributed by atoms with Crippen LogP contribution in [0.15, 0.2) is 36.4 Å². The lowest BCUT2D eigenvalue weighted by atomic mass is 9.99. The van der Waals surface area contributed by atoms with E-state index in [4.69, 9.17) is 14.2 Å². The molecule has 0 radical (unpaired) electrons. The van der Waals surface area contributed by atoms with Gasteiger partial charge in [-0.2, -0.15) is 0 Å². The van der Waals surface area contributed by atoms with Crippen LogP contribution < -0.4 is 19.5 Å². The zero-order chi connectivity index (χ0) is 19.3. The number of amides is 1. The minimum atomic E-state index is -0.204. The molecule has 2 rings (SSSR count). The normalized spacial score (nSPS) is 11.8. The van der Waals surface area contributed by atoms with Crippen molar-refractivity contribution in [2.45, 2.75) is 32.7 Å². The highest BCUT2D eigenvalue weighted by Gasteiger charge is 2.18. The van der Waals surface area contributed by atoms with Crippen molar-refractivity contribution in [2.24, 2.45) is 0 Å². The van der Waals surface area contributed by atoms with Gasteiger partial charge in [-0.3, -0.25) is 4.79 Å². The quantitative estimate of drug-likeness (QED) is 0.801. The molecule has 0 heterocycles. The predicted molar refractivity (Wildman–Crippen MR) is 103 cm³/mol. The van der Waals surface area contributed by atoms with Crippen LogP contribution in [0.3, 0.4) is 0 Å². The SMILES string of the molecule is COc1cc(C(=O)NC(C)c2ccc(C(C)C)cc2)cc(OC)c1OC. The maximum absolute atomic E-state index is 12.7. The minimum absolute atomic E-state index is 0.122. The Labute approximate surface area is 155 Å². The number of benzene rings is 2. The lowest BCUT2D eigenvalue weighted by molar-refractivity contribution is 0.0939. The zero-order valence-corrected chi connectivity index (χ0v) is 16.3. The number of methoxy groups -OCH3 is 3. The number of ether oxygens (including phenoxy) is 3. The fourth-order valence-electron chi connectivity index (χ4n) is 2.75. The van der Waals surface area contributed by atoms with Crippen molar-refractivity contribution in [3.05, 3.63) is 53.1 Å². The lowest BCUT2D eigenvalue weighted by Crippen LogP contribution is -2.26. The maximum Gasteiger partial charge on any atom is 0.252 e. The van der Waals surface area contributed by atoms with Gasteiger partial charge in [0.15, 0.2) is 11.5 Å². The first-order valence-corrected chi connectivity index (χ1v) is 8.62. The Hall–Kier alpha value is -2.69. The van der Waals surface area contributed by atoms with Crippen molar-refractivity contribution in [3.63, 3.8) is 0 Å². The molecule has 1 atom stereocenters. The third kappa shape index (κ3) is 4.28. The van der Waals surface area contributed by atoms with E-state index in [9.17, 15) is 4.79 Å². The van der Waals surface area contributed by atoms with Crippen LogP contribution in [0.2, 0.25) is 0 Å². The molecular formula is C21H27NO4. The third-order valence-corrected chi connectivity index (χ3v) is 4.38. The number of hydrogen-bond donors (Lipinski definition) is 1. The summed E-state index contributed by atoms with van der Waals surface area (Å²) < 4.78 is 15.9. The smallest absolute Gasteiger partial charge is 0.252 e. The molecule has 0 saturated heterocycles. The standard InChI is InChI=1S/C21H27NO4/c1-13(2)15-7-9-16(10-8-15)14(3)22-21(23)17-11-18(24-4)20(26-6)19(12-17)25-5/h7-14H,1-6H3,(H,22,23). The molecular weight excluding hydrogens is 330 g/mol. The van der Waals surface area contributed by atoms with E-state index in [0.717, 1.165) is 5.56 Å². The van der Waals surface area contributed by atoms with Crippen LogP contribution in [0.25, 0.3) is 0 Å². The molecule has 0 aliphatic heterocycles. The summed E-state index contributed by atoms with van der Waals surface area (Å²) in [6.07, 6.45) is 0. The average Bonchev–Trinajstić information content (AvgIpc) is 2.66. The van der Waals surface area contributed by atoms with Gasteiger partial charge in [0, 0.05) is 5.56 Å². The highest BCUT2D eigenvalue weighted by Crippen LogP contribution is 2.38. The second-order valence-electron chi connectivity index (χ2n) is 6.43. The van der Waals surface area contributed by atoms with Crippen LogP contribution in [0.5, 0.6) is 17.2 Å². The van der Waals surface area contributed by atoms with E-state index in [0.29, 0.717) is 28.7 Å². The van der Waals surface area contributed by atoms with Crippen molar-refractivity contribution in [3.8, 4) is 17.2 Å². The Kier molecular flexibility index (Phi) is 6.50. The van der Waals surface area contributed by atoms with Crippen molar-refractivity contribution in [1.82, 2.24) is 5.32 Å². The molecule has 2 aromatic carbocycles. The summed E-state index contributed by atoms with van der Waals surface area (Å²) in [4.78, 5) is 12.7. The van der Waals surface area contributed by atoms with E-state index in [1.807, 2.05) is 6.92 Å². The Morgan fingerprint density at radius 1 is 0.846 bits per heavy atom. The first kappa shape index (κ1) is 19.6. The first-order valence-electron chi connectivity index (χ1n) is 8.62. The Bertz CT molecular complexity index is 728. The van der Waals surface area contributed by atoms with Crippen LogP contribution >= 0.6 is 0 Å². The predicted octanol–water partition coefficient (Wildman–Crippen LogP) is 4.33. The first-order chi connectivity index (χ1) is 12.4. The van der Waals surface area contributed by atoms with Crippen LogP contribution in [-0.4, -0.2) is 27.2 Å². The van der Waals surface area contributed by atoms with Gasteiger partial charge in [0.25, 0.3) is 5.91 Å². The van der Waals surface area contributed by atoms with E-state index >= 15 is 0 Å². The number of nitrogens with one attached hydrogen (secondary N) is 1. The molecule has 5 heteroatoms. The Balaban J connectivity index is 2.21. The summed E-state index contributed by atoms with van der Waals surface area (Å²) in [6, 6.07) is 11.5. The summed E-state index contributed by atoms with van der Waals surface area (Å²) in [7, 11) is 4.58. The van der Waals surface area contributed by atoms with Gasteiger partial charge in [0.05, 0.1) is 27.4 Å². The van der Waals surface area contributed by atoms with Gasteiger partial charge in [0.1, 0.15) is 0 Å². The van der Waals surface area contributed by atoms with Crippen molar-refractivity contribution in [1.29, 1.82) is 0 Å². The van der Waals surface area contributed by atoms with Crippen molar-refractivity contribution in [2.75, 3.05) is 21.3 Å². The molecule has 0 aliphatic carbocycles. The Morgan fingerprint density at radius 3 is 1.77 bits per heavy atom. The van der Waals surface area contributed by atoms with Crippen LogP contribution in [0.4, 0.5) is 0 Å².